The summed E-state index contributed by atoms with van der Waals surface area (Å²) in [6.45, 7) is 9.13. The van der Waals surface area contributed by atoms with E-state index in [0.717, 1.165) is 6.42 Å². The highest BCUT2D eigenvalue weighted by Gasteiger charge is 2.29. The van der Waals surface area contributed by atoms with Gasteiger partial charge in [0.25, 0.3) is 0 Å². The molecule has 0 aromatic heterocycles. The highest BCUT2D eigenvalue weighted by Crippen LogP contribution is 2.51. The van der Waals surface area contributed by atoms with Crippen LogP contribution in [0.3, 0.4) is 0 Å². The largest absolute Gasteiger partial charge is 0.355 e. The van der Waals surface area contributed by atoms with E-state index in [0.29, 0.717) is 26.2 Å². The average molecular weight is 280 g/mol. The van der Waals surface area contributed by atoms with Gasteiger partial charge in [0.15, 0.2) is 0 Å². The first-order valence-corrected chi connectivity index (χ1v) is 8.25. The van der Waals surface area contributed by atoms with E-state index >= 15 is 0 Å². The second kappa shape index (κ2) is 7.61. The predicted molar refractivity (Wildman–Crippen MR) is 69.8 cm³/mol. The minimum absolute atomic E-state index is 0.103. The van der Waals surface area contributed by atoms with Crippen LogP contribution in [0.2, 0.25) is 0 Å². The third-order valence-corrected chi connectivity index (χ3v) is 4.72. The summed E-state index contributed by atoms with van der Waals surface area (Å²) in [4.78, 5) is 0. The van der Waals surface area contributed by atoms with Crippen molar-refractivity contribution in [3.63, 3.8) is 0 Å². The van der Waals surface area contributed by atoms with Crippen molar-refractivity contribution >= 4 is 7.60 Å². The molecule has 1 aliphatic rings. The van der Waals surface area contributed by atoms with Crippen LogP contribution in [-0.4, -0.2) is 38.4 Å². The van der Waals surface area contributed by atoms with Gasteiger partial charge < -0.3 is 18.5 Å². The maximum Gasteiger partial charge on any atom is 0.331 e. The van der Waals surface area contributed by atoms with E-state index < -0.39 is 7.60 Å². The number of ether oxygens (including phenoxy) is 2. The van der Waals surface area contributed by atoms with E-state index in [1.165, 1.54) is 0 Å². The fourth-order valence-corrected chi connectivity index (χ4v) is 4.04. The van der Waals surface area contributed by atoms with E-state index in [4.69, 9.17) is 18.5 Å². The third kappa shape index (κ3) is 6.30. The van der Waals surface area contributed by atoms with E-state index in [9.17, 15) is 4.57 Å². The number of rotatable bonds is 7. The SMILES string of the molecule is CC(C)OP(=O)(CCC1COCOC1)OC(C)C. The van der Waals surface area contributed by atoms with E-state index in [1.807, 2.05) is 27.7 Å². The lowest BCUT2D eigenvalue weighted by Gasteiger charge is -2.26. The highest BCUT2D eigenvalue weighted by atomic mass is 31.2. The minimum atomic E-state index is -3.01. The van der Waals surface area contributed by atoms with E-state index in [2.05, 4.69) is 0 Å². The third-order valence-electron chi connectivity index (χ3n) is 2.43. The molecule has 5 nitrogen and oxygen atoms in total. The fraction of sp³-hybridized carbons (Fsp3) is 1.00. The molecule has 0 unspecified atom stereocenters. The van der Waals surface area contributed by atoms with Crippen molar-refractivity contribution in [3.8, 4) is 0 Å². The molecule has 0 bridgehead atoms. The monoisotopic (exact) mass is 280 g/mol. The van der Waals surface area contributed by atoms with Crippen molar-refractivity contribution in [1.29, 1.82) is 0 Å². The molecule has 0 aromatic rings. The molecule has 1 saturated heterocycles. The Hall–Kier alpha value is 0.0700. The molecule has 1 rings (SSSR count). The Morgan fingerprint density at radius 1 is 1.11 bits per heavy atom. The molecule has 0 saturated carbocycles. The minimum Gasteiger partial charge on any atom is -0.355 e. The van der Waals surface area contributed by atoms with Crippen molar-refractivity contribution in [2.24, 2.45) is 5.92 Å². The second-order valence-electron chi connectivity index (χ2n) is 5.16. The normalized spacial score (nSPS) is 18.8. The molecule has 1 aliphatic heterocycles. The van der Waals surface area contributed by atoms with Crippen molar-refractivity contribution < 1.29 is 23.1 Å². The van der Waals surface area contributed by atoms with Crippen LogP contribution in [0.5, 0.6) is 0 Å². The van der Waals surface area contributed by atoms with Gasteiger partial charge in [0.05, 0.1) is 31.6 Å². The summed E-state index contributed by atoms with van der Waals surface area (Å²) in [6.07, 6.45) is 0.944. The van der Waals surface area contributed by atoms with E-state index in [1.54, 1.807) is 0 Å². The Bertz CT molecular complexity index is 260. The van der Waals surface area contributed by atoms with Gasteiger partial charge in [0, 0.05) is 5.92 Å². The van der Waals surface area contributed by atoms with Gasteiger partial charge in [-0.25, -0.2) is 0 Å². The summed E-state index contributed by atoms with van der Waals surface area (Å²) >= 11 is 0. The van der Waals surface area contributed by atoms with Crippen LogP contribution in [0.1, 0.15) is 34.1 Å². The standard InChI is InChI=1S/C12H25O5P/c1-10(2)16-18(13,17-11(3)4)6-5-12-7-14-9-15-8-12/h10-12H,5-9H2,1-4H3. The smallest absolute Gasteiger partial charge is 0.331 e. The van der Waals surface area contributed by atoms with Crippen molar-refractivity contribution in [3.05, 3.63) is 0 Å². The molecule has 1 heterocycles. The van der Waals surface area contributed by atoms with Crippen molar-refractivity contribution in [2.45, 2.75) is 46.3 Å². The maximum absolute atomic E-state index is 12.6. The Morgan fingerprint density at radius 2 is 1.61 bits per heavy atom. The zero-order chi connectivity index (χ0) is 13.6. The van der Waals surface area contributed by atoms with Crippen LogP contribution >= 0.6 is 7.60 Å². The number of hydrogen-bond donors (Lipinski definition) is 0. The van der Waals surface area contributed by atoms with Gasteiger partial charge in [-0.2, -0.15) is 0 Å². The van der Waals surface area contributed by atoms with Crippen LogP contribution in [-0.2, 0) is 23.1 Å². The van der Waals surface area contributed by atoms with Gasteiger partial charge in [0.2, 0.25) is 0 Å². The van der Waals surface area contributed by atoms with E-state index in [-0.39, 0.29) is 18.1 Å². The molecule has 0 atom stereocenters. The van der Waals surface area contributed by atoms with Gasteiger partial charge in [0.1, 0.15) is 6.79 Å². The molecular weight excluding hydrogens is 255 g/mol. The molecular formula is C12H25O5P. The van der Waals surface area contributed by atoms with Crippen LogP contribution in [0.15, 0.2) is 0 Å². The molecule has 0 spiro atoms. The van der Waals surface area contributed by atoms with Crippen molar-refractivity contribution in [1.82, 2.24) is 0 Å². The van der Waals surface area contributed by atoms with Crippen LogP contribution in [0, 0.1) is 5.92 Å². The van der Waals surface area contributed by atoms with Crippen LogP contribution < -0.4 is 0 Å². The molecule has 0 aliphatic carbocycles. The first kappa shape index (κ1) is 16.1. The zero-order valence-corrected chi connectivity index (χ0v) is 12.7. The predicted octanol–water partition coefficient (Wildman–Crippen LogP) is 3.04. The summed E-state index contributed by atoms with van der Waals surface area (Å²) in [7, 11) is -3.01. The number of hydrogen-bond acceptors (Lipinski definition) is 5. The van der Waals surface area contributed by atoms with Gasteiger partial charge in [-0.3, -0.25) is 4.57 Å². The molecule has 0 radical (unpaired) electrons. The summed E-state index contributed by atoms with van der Waals surface area (Å²) in [6, 6.07) is 0. The molecule has 1 fully saturated rings. The summed E-state index contributed by atoms with van der Waals surface area (Å²) in [5, 5.41) is 0. The Balaban J connectivity index is 2.46. The topological polar surface area (TPSA) is 54.0 Å². The zero-order valence-electron chi connectivity index (χ0n) is 11.8. The van der Waals surface area contributed by atoms with Gasteiger partial charge >= 0.3 is 7.60 Å². The highest BCUT2D eigenvalue weighted by molar-refractivity contribution is 7.53. The quantitative estimate of drug-likeness (QED) is 0.671. The Labute approximate surface area is 110 Å². The first-order valence-electron chi connectivity index (χ1n) is 6.52. The summed E-state index contributed by atoms with van der Waals surface area (Å²) < 4.78 is 34.0. The van der Waals surface area contributed by atoms with Gasteiger partial charge in [-0.15, -0.1) is 0 Å². The maximum atomic E-state index is 12.6. The average Bonchev–Trinajstić information content (AvgIpc) is 2.26. The van der Waals surface area contributed by atoms with Gasteiger partial charge in [-0.05, 0) is 34.1 Å². The summed E-state index contributed by atoms with van der Waals surface area (Å²) in [5.41, 5.74) is 0. The Kier molecular flexibility index (Phi) is 6.82. The van der Waals surface area contributed by atoms with Crippen LogP contribution in [0.25, 0.3) is 0 Å². The lowest BCUT2D eigenvalue weighted by atomic mass is 10.1. The molecule has 18 heavy (non-hydrogen) atoms. The summed E-state index contributed by atoms with van der Waals surface area (Å²) in [5.74, 6) is 0.276. The lowest BCUT2D eigenvalue weighted by Crippen LogP contribution is -2.25. The fourth-order valence-electron chi connectivity index (χ4n) is 1.82. The lowest BCUT2D eigenvalue weighted by molar-refractivity contribution is -0.126. The molecule has 108 valence electrons. The molecule has 0 amide bonds. The second-order valence-corrected chi connectivity index (χ2v) is 7.25. The van der Waals surface area contributed by atoms with Crippen molar-refractivity contribution in [2.75, 3.05) is 26.2 Å². The van der Waals surface area contributed by atoms with Crippen LogP contribution in [0.4, 0.5) is 0 Å². The Morgan fingerprint density at radius 3 is 2.06 bits per heavy atom. The molecule has 0 aromatic carbocycles. The molecule has 6 heteroatoms. The van der Waals surface area contributed by atoms with Gasteiger partial charge in [-0.1, -0.05) is 0 Å². The first-order chi connectivity index (χ1) is 8.41. The molecule has 0 N–H and O–H groups in total.